The van der Waals surface area contributed by atoms with E-state index in [1.807, 2.05) is 0 Å². The van der Waals surface area contributed by atoms with Gasteiger partial charge in [0, 0.05) is 5.56 Å². The molecule has 0 unspecified atom stereocenters. The normalized spacial score (nSPS) is 16.8. The minimum absolute atomic E-state index is 0.111. The molecule has 1 saturated carbocycles. The number of nitrogens with two attached hydrogens (primary N) is 1. The van der Waals surface area contributed by atoms with E-state index in [1.165, 1.54) is 18.9 Å². The molecule has 94 valence electrons. The standard InChI is InChI=1S/C12H14FN5/c1-12(4-5-12)7-18-11(15-16-17-18)8-2-3-9(13)10(14)6-8/h2-3,6H,4-5,7,14H2,1H3. The largest absolute Gasteiger partial charge is 0.396 e. The summed E-state index contributed by atoms with van der Waals surface area (Å²) in [5.41, 5.74) is 6.71. The Morgan fingerprint density at radius 3 is 2.89 bits per heavy atom. The minimum atomic E-state index is -0.424. The molecule has 0 bridgehead atoms. The highest BCUT2D eigenvalue weighted by molar-refractivity contribution is 5.61. The molecule has 1 heterocycles. The maximum atomic E-state index is 13.1. The molecule has 1 fully saturated rings. The Balaban J connectivity index is 1.96. The lowest BCUT2D eigenvalue weighted by molar-refractivity contribution is 0.427. The van der Waals surface area contributed by atoms with E-state index in [1.54, 1.807) is 16.8 Å². The van der Waals surface area contributed by atoms with Crippen LogP contribution in [0.1, 0.15) is 19.8 Å². The van der Waals surface area contributed by atoms with Gasteiger partial charge in [0.15, 0.2) is 5.82 Å². The van der Waals surface area contributed by atoms with Gasteiger partial charge in [0.05, 0.1) is 12.2 Å². The number of benzene rings is 1. The summed E-state index contributed by atoms with van der Waals surface area (Å²) in [5.74, 6) is 0.210. The highest BCUT2D eigenvalue weighted by Gasteiger charge is 2.38. The highest BCUT2D eigenvalue weighted by atomic mass is 19.1. The molecule has 1 aliphatic carbocycles. The zero-order chi connectivity index (χ0) is 12.8. The third-order valence-corrected chi connectivity index (χ3v) is 3.42. The molecule has 0 aliphatic heterocycles. The van der Waals surface area contributed by atoms with Crippen molar-refractivity contribution < 1.29 is 4.39 Å². The molecule has 5 nitrogen and oxygen atoms in total. The van der Waals surface area contributed by atoms with E-state index < -0.39 is 5.82 Å². The van der Waals surface area contributed by atoms with E-state index in [0.29, 0.717) is 11.2 Å². The van der Waals surface area contributed by atoms with Crippen molar-refractivity contribution >= 4 is 5.69 Å². The first-order chi connectivity index (χ1) is 8.57. The first-order valence-electron chi connectivity index (χ1n) is 5.89. The highest BCUT2D eigenvalue weighted by Crippen LogP contribution is 2.46. The fourth-order valence-electron chi connectivity index (χ4n) is 1.93. The number of anilines is 1. The Bertz CT molecular complexity index is 588. The zero-order valence-corrected chi connectivity index (χ0v) is 10.1. The third-order valence-electron chi connectivity index (χ3n) is 3.42. The molecule has 1 aromatic heterocycles. The average molecular weight is 247 g/mol. The summed E-state index contributed by atoms with van der Waals surface area (Å²) in [4.78, 5) is 0. The first-order valence-corrected chi connectivity index (χ1v) is 5.89. The smallest absolute Gasteiger partial charge is 0.182 e. The summed E-state index contributed by atoms with van der Waals surface area (Å²) in [6, 6.07) is 4.54. The van der Waals surface area contributed by atoms with Crippen LogP contribution in [0.2, 0.25) is 0 Å². The summed E-state index contributed by atoms with van der Waals surface area (Å²) in [5, 5.41) is 11.7. The van der Waals surface area contributed by atoms with E-state index in [4.69, 9.17) is 5.73 Å². The lowest BCUT2D eigenvalue weighted by atomic mass is 10.1. The van der Waals surface area contributed by atoms with Crippen molar-refractivity contribution in [3.05, 3.63) is 24.0 Å². The molecule has 1 aliphatic rings. The lowest BCUT2D eigenvalue weighted by Gasteiger charge is -2.09. The van der Waals surface area contributed by atoms with Crippen molar-refractivity contribution in [1.82, 2.24) is 20.2 Å². The maximum Gasteiger partial charge on any atom is 0.182 e. The van der Waals surface area contributed by atoms with Gasteiger partial charge in [-0.25, -0.2) is 9.07 Å². The average Bonchev–Trinajstić information content (AvgIpc) is 2.88. The Morgan fingerprint density at radius 2 is 2.22 bits per heavy atom. The van der Waals surface area contributed by atoms with E-state index in [-0.39, 0.29) is 5.69 Å². The van der Waals surface area contributed by atoms with Crippen LogP contribution in [0.5, 0.6) is 0 Å². The first kappa shape index (κ1) is 11.1. The van der Waals surface area contributed by atoms with E-state index in [2.05, 4.69) is 22.4 Å². The Hall–Kier alpha value is -1.98. The Kier molecular flexibility index (Phi) is 2.33. The van der Waals surface area contributed by atoms with Crippen LogP contribution in [0.25, 0.3) is 11.4 Å². The SMILES string of the molecule is CC1(Cn2nnnc2-c2ccc(F)c(N)c2)CC1. The van der Waals surface area contributed by atoms with Gasteiger partial charge >= 0.3 is 0 Å². The molecular weight excluding hydrogens is 233 g/mol. The molecule has 0 atom stereocenters. The van der Waals surface area contributed by atoms with Crippen LogP contribution in [0.15, 0.2) is 18.2 Å². The number of hydrogen-bond donors (Lipinski definition) is 1. The third kappa shape index (κ3) is 1.94. The second-order valence-electron chi connectivity index (χ2n) is 5.21. The molecule has 1 aromatic carbocycles. The van der Waals surface area contributed by atoms with Crippen LogP contribution in [-0.4, -0.2) is 20.2 Å². The maximum absolute atomic E-state index is 13.1. The van der Waals surface area contributed by atoms with Gasteiger partial charge < -0.3 is 5.73 Å². The fraction of sp³-hybridized carbons (Fsp3) is 0.417. The summed E-state index contributed by atoms with van der Waals surface area (Å²) in [6.07, 6.45) is 2.38. The number of nitrogens with zero attached hydrogens (tertiary/aromatic N) is 4. The second-order valence-corrected chi connectivity index (χ2v) is 5.21. The van der Waals surface area contributed by atoms with Gasteiger partial charge in [-0.3, -0.25) is 0 Å². The van der Waals surface area contributed by atoms with Gasteiger partial charge in [0.2, 0.25) is 0 Å². The number of tetrazole rings is 1. The van der Waals surface area contributed by atoms with Gasteiger partial charge in [0.1, 0.15) is 5.82 Å². The number of aromatic nitrogens is 4. The van der Waals surface area contributed by atoms with Gasteiger partial charge in [0.25, 0.3) is 0 Å². The van der Waals surface area contributed by atoms with Crippen molar-refractivity contribution in [1.29, 1.82) is 0 Å². The molecule has 2 aromatic rings. The van der Waals surface area contributed by atoms with Gasteiger partial charge in [-0.1, -0.05) is 6.92 Å². The molecule has 0 saturated heterocycles. The van der Waals surface area contributed by atoms with E-state index >= 15 is 0 Å². The van der Waals surface area contributed by atoms with Crippen LogP contribution in [-0.2, 0) is 6.54 Å². The Morgan fingerprint density at radius 1 is 1.44 bits per heavy atom. The molecule has 0 radical (unpaired) electrons. The Labute approximate surface area is 104 Å². The van der Waals surface area contributed by atoms with E-state index in [0.717, 1.165) is 12.1 Å². The number of hydrogen-bond acceptors (Lipinski definition) is 4. The number of rotatable bonds is 3. The van der Waals surface area contributed by atoms with Crippen LogP contribution in [0.4, 0.5) is 10.1 Å². The monoisotopic (exact) mass is 247 g/mol. The van der Waals surface area contributed by atoms with Crippen molar-refractivity contribution in [2.75, 3.05) is 5.73 Å². The molecule has 0 spiro atoms. The fourth-order valence-corrected chi connectivity index (χ4v) is 1.93. The van der Waals surface area contributed by atoms with Crippen molar-refractivity contribution in [2.45, 2.75) is 26.3 Å². The van der Waals surface area contributed by atoms with Crippen molar-refractivity contribution in [2.24, 2.45) is 5.41 Å². The molecule has 3 rings (SSSR count). The summed E-state index contributed by atoms with van der Waals surface area (Å²) in [7, 11) is 0. The second kappa shape index (κ2) is 3.76. The van der Waals surface area contributed by atoms with Crippen LogP contribution >= 0.6 is 0 Å². The predicted octanol–water partition coefficient (Wildman–Crippen LogP) is 1.86. The molecule has 6 heteroatoms. The molecule has 2 N–H and O–H groups in total. The molecular formula is C12H14FN5. The quantitative estimate of drug-likeness (QED) is 0.840. The van der Waals surface area contributed by atoms with Gasteiger partial charge in [-0.05, 0) is 46.9 Å². The number of halogens is 1. The van der Waals surface area contributed by atoms with E-state index in [9.17, 15) is 4.39 Å². The molecule has 18 heavy (non-hydrogen) atoms. The number of nitrogen functional groups attached to an aromatic ring is 1. The summed E-state index contributed by atoms with van der Waals surface area (Å²) >= 11 is 0. The predicted molar refractivity (Wildman–Crippen MR) is 65.0 cm³/mol. The van der Waals surface area contributed by atoms with Crippen LogP contribution in [0.3, 0.4) is 0 Å². The molecule has 0 amide bonds. The van der Waals surface area contributed by atoms with Crippen molar-refractivity contribution in [3.8, 4) is 11.4 Å². The van der Waals surface area contributed by atoms with Gasteiger partial charge in [-0.15, -0.1) is 5.10 Å². The van der Waals surface area contributed by atoms with Crippen molar-refractivity contribution in [3.63, 3.8) is 0 Å². The lowest BCUT2D eigenvalue weighted by Crippen LogP contribution is -2.11. The van der Waals surface area contributed by atoms with Crippen LogP contribution < -0.4 is 5.73 Å². The summed E-state index contributed by atoms with van der Waals surface area (Å²) < 4.78 is 14.9. The minimum Gasteiger partial charge on any atom is -0.396 e. The summed E-state index contributed by atoms with van der Waals surface area (Å²) in [6.45, 7) is 2.99. The zero-order valence-electron chi connectivity index (χ0n) is 10.1. The topological polar surface area (TPSA) is 69.6 Å². The van der Waals surface area contributed by atoms with Gasteiger partial charge in [-0.2, -0.15) is 0 Å². The van der Waals surface area contributed by atoms with Crippen LogP contribution in [0, 0.1) is 11.2 Å².